The zero-order valence-electron chi connectivity index (χ0n) is 22.8. The van der Waals surface area contributed by atoms with Gasteiger partial charge in [-0.25, -0.2) is 9.97 Å². The quantitative estimate of drug-likeness (QED) is 0.227. The van der Waals surface area contributed by atoms with Crippen LogP contribution in [-0.4, -0.2) is 28.7 Å². The minimum atomic E-state index is 0.624. The second kappa shape index (κ2) is 8.62. The molecule has 6 heteroatoms. The van der Waals surface area contributed by atoms with E-state index < -0.39 is 0 Å². The molecule has 4 aromatic heterocycles. The third-order valence-electron chi connectivity index (χ3n) is 8.31. The topological polar surface area (TPSA) is 53.5 Å². The molecule has 0 spiro atoms. The van der Waals surface area contributed by atoms with Crippen LogP contribution in [0.15, 0.2) is 128 Å². The fraction of sp³-hybridized carbons (Fsp3) is 0.0278. The number of hydrogen-bond donors (Lipinski definition) is 0. The molecule has 0 amide bonds. The Morgan fingerprint density at radius 2 is 1.21 bits per heavy atom. The predicted molar refractivity (Wildman–Crippen MR) is 170 cm³/mol. The number of nitrogens with zero attached hydrogens (tertiary/aromatic N) is 6. The summed E-state index contributed by atoms with van der Waals surface area (Å²) in [7, 11) is 2.02. The third kappa shape index (κ3) is 3.12. The fourth-order valence-corrected chi connectivity index (χ4v) is 6.47. The van der Waals surface area contributed by atoms with Gasteiger partial charge in [0, 0.05) is 39.8 Å². The van der Waals surface area contributed by atoms with Crippen LogP contribution in [0.25, 0.3) is 77.8 Å². The van der Waals surface area contributed by atoms with Gasteiger partial charge in [0.2, 0.25) is 5.95 Å². The Bertz CT molecular complexity index is 2460. The van der Waals surface area contributed by atoms with Gasteiger partial charge >= 0.3 is 0 Å². The van der Waals surface area contributed by atoms with E-state index >= 15 is 0 Å². The first-order valence-corrected chi connectivity index (χ1v) is 14.0. The lowest BCUT2D eigenvalue weighted by atomic mass is 10.1. The maximum absolute atomic E-state index is 5.14. The Kier molecular flexibility index (Phi) is 4.72. The zero-order chi connectivity index (χ0) is 27.8. The van der Waals surface area contributed by atoms with E-state index in [4.69, 9.17) is 15.0 Å². The Hall–Kier alpha value is -5.75. The summed E-state index contributed by atoms with van der Waals surface area (Å²) in [5.74, 6) is 0.783. The van der Waals surface area contributed by atoms with Crippen LogP contribution in [0, 0.1) is 0 Å². The van der Waals surface area contributed by atoms with Crippen molar-refractivity contribution in [1.29, 1.82) is 0 Å². The van der Waals surface area contributed by atoms with Crippen LogP contribution in [0.1, 0.15) is 0 Å². The van der Waals surface area contributed by atoms with Crippen LogP contribution in [0.5, 0.6) is 0 Å². The Labute approximate surface area is 240 Å². The van der Waals surface area contributed by atoms with E-state index in [1.807, 2.05) is 43.6 Å². The summed E-state index contributed by atoms with van der Waals surface area (Å²) >= 11 is 0. The molecule has 0 N–H and O–H groups in total. The lowest BCUT2D eigenvalue weighted by Gasteiger charge is -2.09. The van der Waals surface area contributed by atoms with E-state index in [1.54, 1.807) is 0 Å². The molecule has 0 unspecified atom stereocenters. The second-order valence-corrected chi connectivity index (χ2v) is 10.6. The normalized spacial score (nSPS) is 11.9. The van der Waals surface area contributed by atoms with Gasteiger partial charge in [-0.3, -0.25) is 9.13 Å². The fourth-order valence-electron chi connectivity index (χ4n) is 6.47. The van der Waals surface area contributed by atoms with Gasteiger partial charge in [-0.1, -0.05) is 91.0 Å². The Morgan fingerprint density at radius 1 is 0.548 bits per heavy atom. The highest BCUT2D eigenvalue weighted by molar-refractivity contribution is 6.26. The number of aryl methyl sites for hydroxylation is 1. The van der Waals surface area contributed by atoms with Crippen LogP contribution >= 0.6 is 0 Å². The first kappa shape index (κ1) is 23.0. The summed E-state index contributed by atoms with van der Waals surface area (Å²) in [6.45, 7) is 0. The smallest absolute Gasteiger partial charge is 0.218 e. The van der Waals surface area contributed by atoms with Gasteiger partial charge in [0.25, 0.3) is 0 Å². The lowest BCUT2D eigenvalue weighted by Crippen LogP contribution is -2.03. The van der Waals surface area contributed by atoms with Crippen LogP contribution < -0.4 is 0 Å². The summed E-state index contributed by atoms with van der Waals surface area (Å²) in [4.78, 5) is 14.9. The molecule has 0 aliphatic heterocycles. The molecule has 9 rings (SSSR count). The molecule has 6 nitrogen and oxygen atoms in total. The van der Waals surface area contributed by atoms with Gasteiger partial charge in [0.15, 0.2) is 11.3 Å². The largest absolute Gasteiger partial charge is 0.309 e. The molecule has 198 valence electrons. The average molecular weight is 541 g/mol. The molecule has 0 fully saturated rings. The van der Waals surface area contributed by atoms with Crippen molar-refractivity contribution >= 4 is 54.9 Å². The van der Waals surface area contributed by atoms with Crippen LogP contribution in [0.2, 0.25) is 0 Å². The number of imidazole rings is 1. The average Bonchev–Trinajstić information content (AvgIpc) is 3.68. The highest BCUT2D eigenvalue weighted by atomic mass is 15.3. The van der Waals surface area contributed by atoms with E-state index in [1.165, 1.54) is 27.1 Å². The Morgan fingerprint density at radius 3 is 2.00 bits per heavy atom. The molecule has 0 aliphatic carbocycles. The number of hydrogen-bond acceptors (Lipinski definition) is 3. The van der Waals surface area contributed by atoms with Crippen molar-refractivity contribution in [1.82, 2.24) is 28.7 Å². The molecular weight excluding hydrogens is 516 g/mol. The van der Waals surface area contributed by atoms with Gasteiger partial charge in [0.1, 0.15) is 0 Å². The van der Waals surface area contributed by atoms with Crippen LogP contribution in [-0.2, 0) is 7.05 Å². The molecule has 4 heterocycles. The van der Waals surface area contributed by atoms with Crippen molar-refractivity contribution in [3.05, 3.63) is 128 Å². The molecule has 42 heavy (non-hydrogen) atoms. The minimum Gasteiger partial charge on any atom is -0.309 e. The molecule has 0 radical (unpaired) electrons. The highest BCUT2D eigenvalue weighted by Gasteiger charge is 2.23. The number of benzene rings is 5. The van der Waals surface area contributed by atoms with Gasteiger partial charge in [-0.05, 0) is 30.3 Å². The molecule has 9 aromatic rings. The zero-order valence-corrected chi connectivity index (χ0v) is 22.8. The predicted octanol–water partition coefficient (Wildman–Crippen LogP) is 8.22. The van der Waals surface area contributed by atoms with Crippen LogP contribution in [0.4, 0.5) is 0 Å². The van der Waals surface area contributed by atoms with Crippen molar-refractivity contribution < 1.29 is 0 Å². The molecule has 5 aromatic carbocycles. The maximum Gasteiger partial charge on any atom is 0.218 e. The lowest BCUT2D eigenvalue weighted by molar-refractivity contribution is 0.861. The maximum atomic E-state index is 5.14. The second-order valence-electron chi connectivity index (χ2n) is 10.6. The van der Waals surface area contributed by atoms with Crippen molar-refractivity contribution in [2.24, 2.45) is 7.05 Å². The van der Waals surface area contributed by atoms with E-state index in [9.17, 15) is 0 Å². The highest BCUT2D eigenvalue weighted by Crippen LogP contribution is 2.41. The van der Waals surface area contributed by atoms with Crippen molar-refractivity contribution in [3.63, 3.8) is 0 Å². The molecule has 0 bridgehead atoms. The monoisotopic (exact) mass is 540 g/mol. The number of fused-ring (bicyclic) bond motifs is 8. The first-order chi connectivity index (χ1) is 20.8. The Balaban J connectivity index is 1.43. The third-order valence-corrected chi connectivity index (χ3v) is 8.31. The van der Waals surface area contributed by atoms with Gasteiger partial charge in [0.05, 0.1) is 34.0 Å². The molecule has 0 atom stereocenters. The van der Waals surface area contributed by atoms with Crippen molar-refractivity contribution in [3.8, 4) is 22.9 Å². The van der Waals surface area contributed by atoms with Gasteiger partial charge in [-0.15, -0.1) is 0 Å². The first-order valence-electron chi connectivity index (χ1n) is 14.0. The SMILES string of the molecule is Cn1c(-n2c3ccccc3c3ccc4c(c5ccccc5n4-c4ccccc4)c32)nc2nc(-c3ccccc3)cnc21. The minimum absolute atomic E-state index is 0.624. The van der Waals surface area contributed by atoms with Gasteiger partial charge < -0.3 is 4.57 Å². The standard InChI is InChI=1S/C36H24N6/c1-40-35-34(38-28(22-37-35)23-12-4-2-5-13-23)39-36(40)42-29-18-10-8-16-25(29)26-20-21-31-32(33(26)42)27-17-9-11-19-30(27)41(31)24-14-6-3-7-15-24/h2-22H,1H3. The molecule has 0 saturated heterocycles. The van der Waals surface area contributed by atoms with E-state index in [-0.39, 0.29) is 0 Å². The number of para-hydroxylation sites is 3. The molecular formula is C36H24N6. The van der Waals surface area contributed by atoms with E-state index in [2.05, 4.69) is 105 Å². The summed E-state index contributed by atoms with van der Waals surface area (Å²) < 4.78 is 6.70. The summed E-state index contributed by atoms with van der Waals surface area (Å²) in [6.07, 6.45) is 1.83. The summed E-state index contributed by atoms with van der Waals surface area (Å²) in [5.41, 5.74) is 8.88. The summed E-state index contributed by atoms with van der Waals surface area (Å²) in [5, 5.41) is 4.77. The number of aromatic nitrogens is 6. The van der Waals surface area contributed by atoms with Crippen molar-refractivity contribution in [2.75, 3.05) is 0 Å². The van der Waals surface area contributed by atoms with Crippen molar-refractivity contribution in [2.45, 2.75) is 0 Å². The van der Waals surface area contributed by atoms with E-state index in [0.717, 1.165) is 45.1 Å². The molecule has 0 aliphatic rings. The van der Waals surface area contributed by atoms with E-state index in [0.29, 0.717) is 5.65 Å². The molecule has 0 saturated carbocycles. The van der Waals surface area contributed by atoms with Gasteiger partial charge in [-0.2, -0.15) is 4.98 Å². The summed E-state index contributed by atoms with van der Waals surface area (Å²) in [6, 6.07) is 42.4. The van der Waals surface area contributed by atoms with Crippen LogP contribution in [0.3, 0.4) is 0 Å². The number of rotatable bonds is 3.